The van der Waals surface area contributed by atoms with Crippen LogP contribution in [0.5, 0.6) is 5.75 Å². The number of likely N-dealkylation sites (tertiary alicyclic amines) is 1. The molecule has 2 fully saturated rings. The summed E-state index contributed by atoms with van der Waals surface area (Å²) >= 11 is 1.74. The molecule has 0 unspecified atom stereocenters. The number of aromatic nitrogens is 1. The van der Waals surface area contributed by atoms with Gasteiger partial charge < -0.3 is 9.64 Å². The molecule has 0 radical (unpaired) electrons. The fourth-order valence-corrected chi connectivity index (χ4v) is 4.89. The number of carbonyl (C=O) groups excluding carboxylic acids is 1. The van der Waals surface area contributed by atoms with Gasteiger partial charge in [0, 0.05) is 30.5 Å². The highest BCUT2D eigenvalue weighted by atomic mass is 32.1. The summed E-state index contributed by atoms with van der Waals surface area (Å²) in [5.41, 5.74) is 2.05. The van der Waals surface area contributed by atoms with Crippen LogP contribution in [0, 0.1) is 5.92 Å². The molecule has 2 aromatic rings. The predicted molar refractivity (Wildman–Crippen MR) is 113 cm³/mol. The molecule has 2 aliphatic rings. The minimum absolute atomic E-state index is 0.262. The van der Waals surface area contributed by atoms with Gasteiger partial charge in [0.2, 0.25) is 5.91 Å². The van der Waals surface area contributed by atoms with Gasteiger partial charge in [-0.15, -0.1) is 11.3 Å². The molecule has 0 spiro atoms. The molecule has 1 aliphatic carbocycles. The normalized spacial score (nSPS) is 18.2. The van der Waals surface area contributed by atoms with Gasteiger partial charge in [-0.25, -0.2) is 4.98 Å². The first-order chi connectivity index (χ1) is 13.6. The Morgan fingerprint density at radius 1 is 1.25 bits per heavy atom. The zero-order chi connectivity index (χ0) is 19.5. The summed E-state index contributed by atoms with van der Waals surface area (Å²) in [5, 5.41) is 3.34. The Bertz CT molecular complexity index is 810. The van der Waals surface area contributed by atoms with Gasteiger partial charge in [-0.3, -0.25) is 9.69 Å². The lowest BCUT2D eigenvalue weighted by atomic mass is 9.97. The molecule has 1 aliphatic heterocycles. The Balaban J connectivity index is 1.31. The Morgan fingerprint density at radius 3 is 2.71 bits per heavy atom. The molecule has 5 nitrogen and oxygen atoms in total. The van der Waals surface area contributed by atoms with Crippen LogP contribution in [0.2, 0.25) is 0 Å². The fourth-order valence-electron chi connectivity index (χ4n) is 3.89. The number of amides is 1. The highest BCUT2D eigenvalue weighted by molar-refractivity contribution is 7.10. The van der Waals surface area contributed by atoms with E-state index >= 15 is 0 Å². The van der Waals surface area contributed by atoms with E-state index in [9.17, 15) is 4.79 Å². The molecule has 1 amide bonds. The van der Waals surface area contributed by atoms with Gasteiger partial charge >= 0.3 is 0 Å². The number of carbonyl (C=O) groups is 1. The van der Waals surface area contributed by atoms with E-state index in [1.165, 1.54) is 17.8 Å². The summed E-state index contributed by atoms with van der Waals surface area (Å²) in [7, 11) is 3.65. The molecular weight excluding hydrogens is 370 g/mol. The summed E-state index contributed by atoms with van der Waals surface area (Å²) in [5.74, 6) is 2.37. The number of likely N-dealkylation sites (N-methyl/N-ethyl adjacent to an activating group) is 1. The zero-order valence-electron chi connectivity index (χ0n) is 16.8. The number of benzene rings is 1. The van der Waals surface area contributed by atoms with Gasteiger partial charge in [0.1, 0.15) is 5.75 Å². The van der Waals surface area contributed by atoms with Crippen LogP contribution in [0.25, 0.3) is 11.3 Å². The van der Waals surface area contributed by atoms with Crippen LogP contribution in [-0.2, 0) is 4.79 Å². The van der Waals surface area contributed by atoms with Crippen LogP contribution in [0.3, 0.4) is 0 Å². The van der Waals surface area contributed by atoms with Crippen molar-refractivity contribution in [2.45, 2.75) is 31.6 Å². The minimum Gasteiger partial charge on any atom is -0.496 e. The molecule has 1 saturated carbocycles. The molecule has 28 heavy (non-hydrogen) atoms. The SMILES string of the molecule is COc1ccccc1-c1csc(C2CCN(CC(=O)N(C)CC3CC3)CC2)n1. The van der Waals surface area contributed by atoms with E-state index in [4.69, 9.17) is 9.72 Å². The van der Waals surface area contributed by atoms with Gasteiger partial charge in [0.25, 0.3) is 0 Å². The van der Waals surface area contributed by atoms with Crippen LogP contribution in [0.4, 0.5) is 0 Å². The third kappa shape index (κ3) is 4.55. The number of thiazole rings is 1. The topological polar surface area (TPSA) is 45.7 Å². The van der Waals surface area contributed by atoms with Gasteiger partial charge in [-0.1, -0.05) is 12.1 Å². The predicted octanol–water partition coefficient (Wildman–Crippen LogP) is 3.87. The Kier molecular flexibility index (Phi) is 5.97. The Hall–Kier alpha value is -1.92. The molecule has 1 aromatic heterocycles. The van der Waals surface area contributed by atoms with Crippen molar-refractivity contribution in [1.82, 2.24) is 14.8 Å². The van der Waals surface area contributed by atoms with E-state index in [2.05, 4.69) is 16.3 Å². The van der Waals surface area contributed by atoms with Crippen LogP contribution < -0.4 is 4.74 Å². The van der Waals surface area contributed by atoms with Crippen molar-refractivity contribution >= 4 is 17.2 Å². The van der Waals surface area contributed by atoms with Gasteiger partial charge in [-0.2, -0.15) is 0 Å². The third-order valence-corrected chi connectivity index (χ3v) is 6.86. The number of piperidine rings is 1. The molecule has 4 rings (SSSR count). The highest BCUT2D eigenvalue weighted by Crippen LogP contribution is 2.35. The maximum Gasteiger partial charge on any atom is 0.236 e. The smallest absolute Gasteiger partial charge is 0.236 e. The monoisotopic (exact) mass is 399 g/mol. The van der Waals surface area contributed by atoms with Crippen LogP contribution in [0.15, 0.2) is 29.6 Å². The molecule has 1 aromatic carbocycles. The number of hydrogen-bond acceptors (Lipinski definition) is 5. The number of rotatable bonds is 7. The summed E-state index contributed by atoms with van der Waals surface area (Å²) < 4.78 is 5.47. The fraction of sp³-hybridized carbons (Fsp3) is 0.545. The molecule has 0 N–H and O–H groups in total. The molecule has 0 atom stereocenters. The Labute approximate surface area is 171 Å². The number of ether oxygens (including phenoxy) is 1. The molecule has 6 heteroatoms. The van der Waals surface area contributed by atoms with Crippen molar-refractivity contribution in [3.05, 3.63) is 34.7 Å². The van der Waals surface area contributed by atoms with E-state index in [1.54, 1.807) is 18.4 Å². The average Bonchev–Trinajstić information content (AvgIpc) is 3.40. The van der Waals surface area contributed by atoms with Crippen molar-refractivity contribution in [1.29, 1.82) is 0 Å². The molecule has 2 heterocycles. The summed E-state index contributed by atoms with van der Waals surface area (Å²) in [6.45, 7) is 3.43. The van der Waals surface area contributed by atoms with Crippen LogP contribution in [-0.4, -0.2) is 61.0 Å². The largest absolute Gasteiger partial charge is 0.496 e. The average molecular weight is 400 g/mol. The summed E-state index contributed by atoms with van der Waals surface area (Å²) in [4.78, 5) is 21.5. The van der Waals surface area contributed by atoms with Crippen molar-refractivity contribution in [3.63, 3.8) is 0 Å². The first-order valence-electron chi connectivity index (χ1n) is 10.2. The van der Waals surface area contributed by atoms with E-state index in [0.29, 0.717) is 12.5 Å². The second kappa shape index (κ2) is 8.62. The minimum atomic E-state index is 0.262. The van der Waals surface area contributed by atoms with E-state index in [0.717, 1.165) is 55.4 Å². The van der Waals surface area contributed by atoms with Gasteiger partial charge in [0.15, 0.2) is 0 Å². The molecule has 0 bridgehead atoms. The van der Waals surface area contributed by atoms with Crippen LogP contribution >= 0.6 is 11.3 Å². The van der Waals surface area contributed by atoms with Gasteiger partial charge in [0.05, 0.1) is 24.4 Å². The van der Waals surface area contributed by atoms with E-state index < -0.39 is 0 Å². The maximum atomic E-state index is 12.4. The number of hydrogen-bond donors (Lipinski definition) is 0. The number of methoxy groups -OCH3 is 1. The van der Waals surface area contributed by atoms with E-state index in [-0.39, 0.29) is 5.91 Å². The number of nitrogens with zero attached hydrogens (tertiary/aromatic N) is 3. The first-order valence-corrected chi connectivity index (χ1v) is 11.1. The van der Waals surface area contributed by atoms with E-state index in [1.807, 2.05) is 30.1 Å². The van der Waals surface area contributed by atoms with Crippen LogP contribution in [0.1, 0.15) is 36.6 Å². The first kappa shape index (κ1) is 19.4. The van der Waals surface area contributed by atoms with Crippen molar-refractivity contribution in [2.75, 3.05) is 40.3 Å². The van der Waals surface area contributed by atoms with Crippen molar-refractivity contribution < 1.29 is 9.53 Å². The lowest BCUT2D eigenvalue weighted by Gasteiger charge is -2.31. The Morgan fingerprint density at radius 2 is 2.00 bits per heavy atom. The molecule has 150 valence electrons. The quantitative estimate of drug-likeness (QED) is 0.709. The molecule has 1 saturated heterocycles. The summed E-state index contributed by atoms with van der Waals surface area (Å²) in [6, 6.07) is 8.04. The van der Waals surface area contributed by atoms with Gasteiger partial charge in [-0.05, 0) is 56.8 Å². The lowest BCUT2D eigenvalue weighted by molar-refractivity contribution is -0.131. The lowest BCUT2D eigenvalue weighted by Crippen LogP contribution is -2.42. The van der Waals surface area contributed by atoms with Crippen molar-refractivity contribution in [2.24, 2.45) is 5.92 Å². The second-order valence-electron chi connectivity index (χ2n) is 8.04. The maximum absolute atomic E-state index is 12.4. The standard InChI is InChI=1S/C22H29N3O2S/c1-24(13-16-7-8-16)21(26)14-25-11-9-17(10-12-25)22-23-19(15-28-22)18-5-3-4-6-20(18)27-2/h3-6,15-17H,7-14H2,1-2H3. The zero-order valence-corrected chi connectivity index (χ0v) is 17.6. The third-order valence-electron chi connectivity index (χ3n) is 5.86. The highest BCUT2D eigenvalue weighted by Gasteiger charge is 2.28. The molecular formula is C22H29N3O2S. The second-order valence-corrected chi connectivity index (χ2v) is 8.93. The summed E-state index contributed by atoms with van der Waals surface area (Å²) in [6.07, 6.45) is 4.71. The number of para-hydroxylation sites is 1. The van der Waals surface area contributed by atoms with Crippen molar-refractivity contribution in [3.8, 4) is 17.0 Å².